The molecular weight excluding hydrogens is 198 g/mol. The molecule has 0 saturated carbocycles. The van der Waals surface area contributed by atoms with Crippen molar-refractivity contribution in [2.75, 3.05) is 0 Å². The van der Waals surface area contributed by atoms with E-state index in [1.54, 1.807) is 0 Å². The van der Waals surface area contributed by atoms with E-state index in [1.807, 2.05) is 7.06 Å². The van der Waals surface area contributed by atoms with E-state index in [9.17, 15) is 0 Å². The quantitative estimate of drug-likeness (QED) is 0.353. The molecule has 5 heteroatoms. The highest BCUT2D eigenvalue weighted by Crippen LogP contribution is 2.09. The Morgan fingerprint density at radius 1 is 1.00 bits per heavy atom. The van der Waals surface area contributed by atoms with Crippen molar-refractivity contribution in [1.29, 1.82) is 0 Å². The highest BCUT2D eigenvalue weighted by atomic mass is 13.9. The highest BCUT2D eigenvalue weighted by molar-refractivity contribution is 7.58. The molecule has 0 bridgehead atoms. The summed E-state index contributed by atoms with van der Waals surface area (Å²) in [5, 5.41) is 0. The Balaban J connectivity index is 3.31. The second-order valence-corrected chi connectivity index (χ2v) is 5.40. The van der Waals surface area contributed by atoms with Crippen LogP contribution in [-0.2, 0) is 0 Å². The molecule has 0 unspecified atom stereocenters. The Bertz CT molecular complexity index is 152. The molecule has 0 aliphatic carbocycles. The molecule has 0 fully saturated rings. The van der Waals surface area contributed by atoms with Crippen LogP contribution in [0.3, 0.4) is 0 Å². The van der Waals surface area contributed by atoms with Gasteiger partial charge >= 0.3 is 0 Å². The third kappa shape index (κ3) is 12.6. The fourth-order valence-electron chi connectivity index (χ4n) is 1.96. The van der Waals surface area contributed by atoms with Crippen molar-refractivity contribution in [3.8, 4) is 0 Å². The summed E-state index contributed by atoms with van der Waals surface area (Å²) in [5.74, 6) is 0.631. The summed E-state index contributed by atoms with van der Waals surface area (Å²) in [7, 11) is 12.0. The lowest BCUT2D eigenvalue weighted by atomic mass is 8.91. The fraction of sp³-hybridized carbons (Fsp3) is 1.00. The molecule has 0 rings (SSSR count). The van der Waals surface area contributed by atoms with Gasteiger partial charge in [0.2, 0.25) is 0 Å². The monoisotopic (exact) mass is 225 g/mol. The highest BCUT2D eigenvalue weighted by Gasteiger charge is 2.11. The van der Waals surface area contributed by atoms with Crippen molar-refractivity contribution in [2.24, 2.45) is 0 Å². The van der Waals surface area contributed by atoms with Crippen LogP contribution in [0.1, 0.15) is 65.7 Å². The van der Waals surface area contributed by atoms with E-state index in [0.29, 0.717) is 12.3 Å². The first-order valence-electron chi connectivity index (χ1n) is 7.44. The van der Waals surface area contributed by atoms with Crippen molar-refractivity contribution < 1.29 is 0 Å². The van der Waals surface area contributed by atoms with Crippen LogP contribution >= 0.6 is 0 Å². The van der Waals surface area contributed by atoms with Gasteiger partial charge in [-0.15, -0.1) is 0 Å². The molecule has 0 aromatic rings. The van der Waals surface area contributed by atoms with Gasteiger partial charge in [-0.25, -0.2) is 0 Å². The van der Waals surface area contributed by atoms with E-state index >= 15 is 0 Å². The van der Waals surface area contributed by atoms with Crippen LogP contribution in [0.15, 0.2) is 0 Å². The molecule has 0 atom stereocenters. The summed E-state index contributed by atoms with van der Waals surface area (Å²) < 4.78 is 0. The summed E-state index contributed by atoms with van der Waals surface area (Å²) in [6.45, 7) is 7.16. The van der Waals surface area contributed by atoms with Crippen LogP contribution < -0.4 is 0 Å². The van der Waals surface area contributed by atoms with Gasteiger partial charge in [-0.05, 0) is 0 Å². The van der Waals surface area contributed by atoms with E-state index in [1.165, 1.54) is 51.3 Å². The lowest BCUT2D eigenvalue weighted by Gasteiger charge is -2.12. The molecule has 0 heterocycles. The van der Waals surface area contributed by atoms with E-state index in [-0.39, 0.29) is 0 Å². The van der Waals surface area contributed by atoms with Gasteiger partial charge in [-0.1, -0.05) is 77.9 Å². The van der Waals surface area contributed by atoms with E-state index in [4.69, 9.17) is 7.74 Å². The van der Waals surface area contributed by atoms with Crippen LogP contribution in [0, 0.1) is 0 Å². The fourth-order valence-corrected chi connectivity index (χ4v) is 1.96. The SMILES string of the molecule is [B][B]B([B][B]C(C)C)CCCCCCCCC. The van der Waals surface area contributed by atoms with E-state index in [0.717, 1.165) is 0 Å². The van der Waals surface area contributed by atoms with Gasteiger partial charge in [0.25, 0.3) is 0 Å². The van der Waals surface area contributed by atoms with Crippen LogP contribution in [0.4, 0.5) is 0 Å². The minimum Gasteiger partial charge on any atom is -0.0902 e. The molecule has 0 N–H and O–H groups in total. The van der Waals surface area contributed by atoms with Gasteiger partial charge in [0.15, 0.2) is 0 Å². The number of rotatable bonds is 12. The summed E-state index contributed by atoms with van der Waals surface area (Å²) >= 11 is 0. The molecule has 5 radical (unpaired) electrons. The van der Waals surface area contributed by atoms with Crippen molar-refractivity contribution in [1.82, 2.24) is 0 Å². The normalized spacial score (nSPS) is 10.4. The molecule has 0 saturated heterocycles. The Kier molecular flexibility index (Phi) is 13.0. The predicted molar refractivity (Wildman–Crippen MR) is 86.7 cm³/mol. The zero-order valence-corrected chi connectivity index (χ0v) is 12.1. The maximum atomic E-state index is 5.66. The van der Waals surface area contributed by atoms with Crippen molar-refractivity contribution in [3.05, 3.63) is 0 Å². The minimum absolute atomic E-state index is 0.480. The maximum Gasteiger partial charge on any atom is 0.0588 e. The Labute approximate surface area is 114 Å². The van der Waals surface area contributed by atoms with Gasteiger partial charge < -0.3 is 0 Å². The average Bonchev–Trinajstić information content (AvgIpc) is 2.31. The Morgan fingerprint density at radius 2 is 1.59 bits per heavy atom. The van der Waals surface area contributed by atoms with Crippen molar-refractivity contribution in [2.45, 2.75) is 77.9 Å². The topological polar surface area (TPSA) is 0 Å². The van der Waals surface area contributed by atoms with E-state index in [2.05, 4.69) is 35.0 Å². The van der Waals surface area contributed by atoms with Crippen LogP contribution in [0.2, 0.25) is 12.1 Å². The second-order valence-electron chi connectivity index (χ2n) is 5.40. The van der Waals surface area contributed by atoms with E-state index < -0.39 is 0 Å². The van der Waals surface area contributed by atoms with Crippen LogP contribution in [0.25, 0.3) is 0 Å². The third-order valence-electron chi connectivity index (χ3n) is 3.13. The molecule has 0 aliphatic heterocycles. The molecule has 89 valence electrons. The third-order valence-corrected chi connectivity index (χ3v) is 3.13. The first-order valence-corrected chi connectivity index (χ1v) is 7.44. The van der Waals surface area contributed by atoms with Crippen LogP contribution in [-0.4, -0.2) is 35.5 Å². The van der Waals surface area contributed by atoms with Gasteiger partial charge in [-0.3, -0.25) is 0 Å². The summed E-state index contributed by atoms with van der Waals surface area (Å²) in [5.41, 5.74) is 0. The first kappa shape index (κ1) is 17.3. The first-order chi connectivity index (χ1) is 8.20. The zero-order chi connectivity index (χ0) is 12.9. The molecule has 0 spiro atoms. The molecule has 0 aromatic carbocycles. The minimum atomic E-state index is 0.480. The Morgan fingerprint density at radius 3 is 2.12 bits per heavy atom. The van der Waals surface area contributed by atoms with Crippen molar-refractivity contribution in [3.63, 3.8) is 0 Å². The van der Waals surface area contributed by atoms with Crippen LogP contribution in [0.5, 0.6) is 0 Å². The zero-order valence-electron chi connectivity index (χ0n) is 12.1. The van der Waals surface area contributed by atoms with Gasteiger partial charge in [0, 0.05) is 28.4 Å². The maximum absolute atomic E-state index is 5.66. The molecular formula is C12H26B5. The largest absolute Gasteiger partial charge is 0.0902 e. The Hall–Kier alpha value is 0.325. The standard InChI is InChI=1S/C12H26B5/c1-4-5-6-7-8-9-10-11-17(15-13)16-14-12(2)3/h12H,4-11H2,1-3H3. The summed E-state index contributed by atoms with van der Waals surface area (Å²) in [6.07, 6.45) is 10.8. The molecule has 17 heavy (non-hydrogen) atoms. The molecule has 0 amide bonds. The average molecular weight is 224 g/mol. The molecule has 0 aliphatic rings. The number of hydrogen-bond acceptors (Lipinski definition) is 0. The molecule has 0 aromatic heterocycles. The summed E-state index contributed by atoms with van der Waals surface area (Å²) in [4.78, 5) is 0. The van der Waals surface area contributed by atoms with Gasteiger partial charge in [-0.2, -0.15) is 0 Å². The number of unbranched alkanes of at least 4 members (excludes halogenated alkanes) is 6. The smallest absolute Gasteiger partial charge is 0.0588 e. The molecule has 0 nitrogen and oxygen atoms in total. The summed E-state index contributed by atoms with van der Waals surface area (Å²) in [6, 6.07) is 0. The lowest BCUT2D eigenvalue weighted by molar-refractivity contribution is 0.601. The van der Waals surface area contributed by atoms with Gasteiger partial charge in [0.1, 0.15) is 0 Å². The predicted octanol–water partition coefficient (Wildman–Crippen LogP) is 3.16. The van der Waals surface area contributed by atoms with Crippen molar-refractivity contribution >= 4 is 35.5 Å². The lowest BCUT2D eigenvalue weighted by Crippen LogP contribution is -2.35. The van der Waals surface area contributed by atoms with Gasteiger partial charge in [0.05, 0.1) is 7.17 Å². The number of hydrogen-bond donors (Lipinski definition) is 0. The second kappa shape index (κ2) is 12.8.